The van der Waals surface area contributed by atoms with E-state index in [9.17, 15) is 21.6 Å². The third kappa shape index (κ3) is 4.60. The molecular weight excluding hydrogens is 526 g/mol. The van der Waals surface area contributed by atoms with Crippen molar-refractivity contribution in [2.45, 2.75) is 23.2 Å². The Labute approximate surface area is 204 Å². The average molecular weight is 546 g/mol. The molecule has 0 fully saturated rings. The van der Waals surface area contributed by atoms with E-state index < -0.39 is 32.6 Å². The number of hydrogen-bond donors (Lipinski definition) is 0. The molecule has 0 amide bonds. The van der Waals surface area contributed by atoms with Gasteiger partial charge < -0.3 is 0 Å². The second kappa shape index (κ2) is 9.13. The quantitative estimate of drug-likeness (QED) is 0.350. The molecule has 3 heterocycles. The first-order valence-corrected chi connectivity index (χ1v) is 13.0. The van der Waals surface area contributed by atoms with Crippen molar-refractivity contribution in [1.82, 2.24) is 14.5 Å². The third-order valence-corrected chi connectivity index (χ3v) is 7.41. The van der Waals surface area contributed by atoms with E-state index in [2.05, 4.69) is 26.8 Å². The van der Waals surface area contributed by atoms with Crippen LogP contribution in [0.15, 0.2) is 101 Å². The fourth-order valence-electron chi connectivity index (χ4n) is 4.36. The van der Waals surface area contributed by atoms with Gasteiger partial charge in [0.15, 0.2) is 0 Å². The van der Waals surface area contributed by atoms with Crippen LogP contribution >= 0.6 is 0 Å². The summed E-state index contributed by atoms with van der Waals surface area (Å²) in [5.41, 5.74) is 1.40. The van der Waals surface area contributed by atoms with Crippen LogP contribution in [-0.4, -0.2) is 53.7 Å². The zero-order chi connectivity index (χ0) is 24.6. The van der Waals surface area contributed by atoms with Gasteiger partial charge >= 0.3 is 205 Å². The maximum atomic E-state index is 14.7. The van der Waals surface area contributed by atoms with Crippen molar-refractivity contribution in [3.63, 3.8) is 0 Å². The van der Waals surface area contributed by atoms with Gasteiger partial charge in [0.2, 0.25) is 0 Å². The molecule has 2 unspecified atom stereocenters. The minimum atomic E-state index is -4.61. The van der Waals surface area contributed by atoms with Crippen LogP contribution in [0.3, 0.4) is 0 Å². The van der Waals surface area contributed by atoms with Crippen molar-refractivity contribution in [3.8, 4) is 0 Å². The van der Waals surface area contributed by atoms with E-state index >= 15 is 0 Å². The normalized spacial score (nSPS) is 20.9. The van der Waals surface area contributed by atoms with Crippen molar-refractivity contribution in [2.75, 3.05) is 6.26 Å². The van der Waals surface area contributed by atoms with Gasteiger partial charge in [0.05, 0.1) is 0 Å². The number of allylic oxidation sites excluding steroid dienone is 2. The Balaban J connectivity index is 2.09. The van der Waals surface area contributed by atoms with Crippen LogP contribution < -0.4 is 4.48 Å². The average Bonchev–Trinajstić information content (AvgIpc) is 2.79. The number of aromatic nitrogens is 2. The first kappa shape index (κ1) is 24.4. The van der Waals surface area contributed by atoms with Crippen LogP contribution in [-0.2, 0) is 9.84 Å². The molecule has 4 rings (SSSR count). The van der Waals surface area contributed by atoms with Crippen LogP contribution in [0, 0.1) is 0 Å². The van der Waals surface area contributed by atoms with Crippen molar-refractivity contribution in [2.24, 2.45) is 0 Å². The van der Waals surface area contributed by atoms with Crippen molar-refractivity contribution < 1.29 is 21.6 Å². The third-order valence-electron chi connectivity index (χ3n) is 5.73. The van der Waals surface area contributed by atoms with Crippen LogP contribution in [0.5, 0.6) is 0 Å². The van der Waals surface area contributed by atoms with E-state index in [0.29, 0.717) is 15.5 Å². The SMILES string of the molecule is CS(=O)(=O)c1ccc([N+]2(C(c3cccnc3)c3cccnc3)C=C([As])C=CC2C(F)(F)F)cc1. The van der Waals surface area contributed by atoms with E-state index in [-0.39, 0.29) is 10.6 Å². The molecule has 3 aromatic rings. The monoisotopic (exact) mass is 546 g/mol. The van der Waals surface area contributed by atoms with Crippen molar-refractivity contribution in [3.05, 3.63) is 107 Å². The number of benzene rings is 1. The molecule has 1 aromatic carbocycles. The Morgan fingerprint density at radius 2 is 1.53 bits per heavy atom. The van der Waals surface area contributed by atoms with E-state index in [1.807, 2.05) is 0 Å². The molecule has 1 aliphatic rings. The van der Waals surface area contributed by atoms with Gasteiger partial charge in [0.25, 0.3) is 0 Å². The van der Waals surface area contributed by atoms with Crippen molar-refractivity contribution in [1.29, 1.82) is 0 Å². The van der Waals surface area contributed by atoms with Gasteiger partial charge in [-0.2, -0.15) is 0 Å². The summed E-state index contributed by atoms with van der Waals surface area (Å²) in [5.74, 6) is 0. The topological polar surface area (TPSA) is 59.9 Å². The first-order chi connectivity index (χ1) is 16.0. The maximum absolute atomic E-state index is 14.7. The molecule has 34 heavy (non-hydrogen) atoms. The molecule has 0 N–H and O–H groups in total. The molecule has 174 valence electrons. The molecule has 0 spiro atoms. The number of halogens is 3. The van der Waals surface area contributed by atoms with Crippen LogP contribution in [0.4, 0.5) is 18.9 Å². The summed E-state index contributed by atoms with van der Waals surface area (Å²) in [6.45, 7) is 0. The van der Waals surface area contributed by atoms with Gasteiger partial charge in [-0.25, -0.2) is 0 Å². The number of sulfone groups is 1. The van der Waals surface area contributed by atoms with E-state index in [0.717, 1.165) is 12.3 Å². The Morgan fingerprint density at radius 3 is 1.97 bits per heavy atom. The summed E-state index contributed by atoms with van der Waals surface area (Å²) < 4.78 is 68.0. The van der Waals surface area contributed by atoms with E-state index in [1.54, 1.807) is 55.3 Å². The van der Waals surface area contributed by atoms with Gasteiger partial charge in [0.1, 0.15) is 0 Å². The number of pyridine rings is 2. The molecule has 0 bridgehead atoms. The molecule has 10 heteroatoms. The standard InChI is InChI=1S/C24H20AsF3N3O2S/c1-34(32,33)21-9-7-20(8-10-21)31(16-19(25)6-11-22(31)24(26,27)28)23(17-4-2-12-29-14-17)18-5-3-13-30-15-18/h2-16,22-23H,1H3/q+1. The number of nitrogens with zero attached hydrogens (tertiary/aromatic N) is 3. The van der Waals surface area contributed by atoms with E-state index in [1.165, 1.54) is 30.3 Å². The second-order valence-electron chi connectivity index (χ2n) is 7.98. The Kier molecular flexibility index (Phi) is 6.55. The van der Waals surface area contributed by atoms with Gasteiger partial charge in [0, 0.05) is 0 Å². The molecule has 2 aromatic heterocycles. The molecule has 0 aliphatic carbocycles. The molecule has 2 atom stereocenters. The molecule has 5 nitrogen and oxygen atoms in total. The van der Waals surface area contributed by atoms with Gasteiger partial charge in [-0.1, -0.05) is 0 Å². The summed E-state index contributed by atoms with van der Waals surface area (Å²) in [5, 5.41) is 0. The fraction of sp³-hybridized carbons (Fsp3) is 0.167. The number of rotatable bonds is 5. The van der Waals surface area contributed by atoms with Gasteiger partial charge in [-0.3, -0.25) is 0 Å². The Hall–Kier alpha value is -2.74. The van der Waals surface area contributed by atoms with Crippen LogP contribution in [0.1, 0.15) is 17.2 Å². The summed E-state index contributed by atoms with van der Waals surface area (Å²) in [6, 6.07) is 9.59. The van der Waals surface area contributed by atoms with Gasteiger partial charge in [-0.15, -0.1) is 0 Å². The van der Waals surface area contributed by atoms with Crippen molar-refractivity contribution >= 4 is 32.4 Å². The predicted molar refractivity (Wildman–Crippen MR) is 124 cm³/mol. The number of hydrogen-bond acceptors (Lipinski definition) is 4. The molecule has 0 saturated heterocycles. The summed E-state index contributed by atoms with van der Waals surface area (Å²) >= 11 is 2.29. The molecule has 2 radical (unpaired) electrons. The molecule has 1 aliphatic heterocycles. The summed E-state index contributed by atoms with van der Waals surface area (Å²) in [4.78, 5) is 8.37. The molecular formula is C24H20AsF3N3O2S+. The Bertz CT molecular complexity index is 1290. The first-order valence-electron chi connectivity index (χ1n) is 10.2. The fourth-order valence-corrected chi connectivity index (χ4v) is 5.57. The summed E-state index contributed by atoms with van der Waals surface area (Å²) in [7, 11) is -3.53. The number of quaternary nitrogens is 1. The number of alkyl halides is 3. The van der Waals surface area contributed by atoms with Gasteiger partial charge in [-0.05, 0) is 0 Å². The predicted octanol–water partition coefficient (Wildman–Crippen LogP) is 4.49. The molecule has 0 saturated carbocycles. The Morgan fingerprint density at radius 1 is 0.971 bits per heavy atom. The van der Waals surface area contributed by atoms with E-state index in [4.69, 9.17) is 0 Å². The zero-order valence-corrected chi connectivity index (χ0v) is 20.7. The zero-order valence-electron chi connectivity index (χ0n) is 18.0. The second-order valence-corrected chi connectivity index (χ2v) is 11.1. The van der Waals surface area contributed by atoms with Crippen LogP contribution in [0.2, 0.25) is 0 Å². The summed E-state index contributed by atoms with van der Waals surface area (Å²) in [6.07, 6.45) is 6.80. The van der Waals surface area contributed by atoms with Crippen LogP contribution in [0.25, 0.3) is 0 Å². The minimum absolute atomic E-state index is 0.0290.